The maximum absolute atomic E-state index is 13.4. The molecule has 1 saturated carbocycles. The zero-order chi connectivity index (χ0) is 25.2. The Morgan fingerprint density at radius 3 is 2.66 bits per heavy atom. The Morgan fingerprint density at radius 1 is 1.20 bits per heavy atom. The molecular weight excluding hydrogens is 475 g/mol. The molecule has 0 spiro atoms. The Hall–Kier alpha value is -2.41. The third kappa shape index (κ3) is 6.24. The number of hydrogen-bond acceptors (Lipinski definition) is 7. The van der Waals surface area contributed by atoms with Crippen LogP contribution in [-0.2, 0) is 28.6 Å². The van der Waals surface area contributed by atoms with Gasteiger partial charge in [0.05, 0.1) is 19.3 Å². The number of amides is 3. The minimum atomic E-state index is -5.01. The topological polar surface area (TPSA) is 123 Å². The zero-order valence-corrected chi connectivity index (χ0v) is 19.2. The number of ether oxygens (including phenoxy) is 3. The van der Waals surface area contributed by atoms with Crippen molar-refractivity contribution in [3.05, 3.63) is 0 Å². The normalized spacial score (nSPS) is 31.2. The molecule has 1 aliphatic carbocycles. The van der Waals surface area contributed by atoms with E-state index in [0.717, 1.165) is 12.8 Å². The second-order valence-electron chi connectivity index (χ2n) is 9.60. The highest BCUT2D eigenvalue weighted by molar-refractivity contribution is 5.94. The van der Waals surface area contributed by atoms with Crippen LogP contribution in [0.1, 0.15) is 38.5 Å². The van der Waals surface area contributed by atoms with Crippen LogP contribution in [0.25, 0.3) is 0 Å². The molecule has 0 aromatic carbocycles. The molecule has 2 N–H and O–H groups in total. The fourth-order valence-electron chi connectivity index (χ4n) is 5.58. The van der Waals surface area contributed by atoms with E-state index in [9.17, 15) is 32.3 Å². The highest BCUT2D eigenvalue weighted by Crippen LogP contribution is 2.42. The lowest BCUT2D eigenvalue weighted by Gasteiger charge is -2.29. The fourth-order valence-corrected chi connectivity index (χ4v) is 5.58. The van der Waals surface area contributed by atoms with Crippen molar-refractivity contribution in [2.24, 2.45) is 17.8 Å². The van der Waals surface area contributed by atoms with E-state index >= 15 is 0 Å². The van der Waals surface area contributed by atoms with Gasteiger partial charge in [0.15, 0.2) is 5.78 Å². The number of alkyl halides is 3. The predicted octanol–water partition coefficient (Wildman–Crippen LogP) is 1.13. The number of rotatable bonds is 8. The number of halogens is 3. The van der Waals surface area contributed by atoms with Gasteiger partial charge in [-0.3, -0.25) is 24.0 Å². The van der Waals surface area contributed by atoms with Crippen molar-refractivity contribution in [3.63, 3.8) is 0 Å². The monoisotopic (exact) mass is 505 g/mol. The zero-order valence-electron chi connectivity index (χ0n) is 19.2. The smallest absolute Gasteiger partial charge is 0.444 e. The lowest BCUT2D eigenvalue weighted by atomic mass is 9.92. The van der Waals surface area contributed by atoms with Gasteiger partial charge < -0.3 is 20.1 Å². The molecule has 35 heavy (non-hydrogen) atoms. The predicted molar refractivity (Wildman–Crippen MR) is 112 cm³/mol. The summed E-state index contributed by atoms with van der Waals surface area (Å²) >= 11 is 0. The van der Waals surface area contributed by atoms with Crippen molar-refractivity contribution in [3.8, 4) is 0 Å². The van der Waals surface area contributed by atoms with E-state index in [1.807, 2.05) is 0 Å². The maximum atomic E-state index is 13.4. The molecule has 6 atom stereocenters. The summed E-state index contributed by atoms with van der Waals surface area (Å²) in [6.45, 7) is 0.186. The Bertz CT molecular complexity index is 834. The third-order valence-electron chi connectivity index (χ3n) is 7.32. The first-order valence-electron chi connectivity index (χ1n) is 12.0. The molecule has 3 heterocycles. The molecular formula is C22H30F3N3O7. The van der Waals surface area contributed by atoms with E-state index in [0.29, 0.717) is 39.0 Å². The standard InChI is InChI=1S/C22H30F3N3O7/c23-22(24,25)34-11-17(29)16(8-12-4-6-26-19(12)30)27-20(31)18-15-3-1-2-13(15)9-28(18)21(32)35-14-5-7-33-10-14/h12-16,18H,1-11H2,(H,26,30)(H,27,31)/t12-,13-,14?,15-,16-,18-/m0/s1. The SMILES string of the molecule is O=C1NCC[C@H]1C[C@H](NC(=O)[C@@H]1[C@H]2CCC[C@H]2CN1C(=O)OC1CCOC1)C(=O)COC(F)(F)F. The summed E-state index contributed by atoms with van der Waals surface area (Å²) in [5.41, 5.74) is 0. The quantitative estimate of drug-likeness (QED) is 0.507. The molecule has 0 radical (unpaired) electrons. The van der Waals surface area contributed by atoms with E-state index in [2.05, 4.69) is 15.4 Å². The molecule has 1 unspecified atom stereocenters. The van der Waals surface area contributed by atoms with Crippen LogP contribution >= 0.6 is 0 Å². The van der Waals surface area contributed by atoms with E-state index in [1.165, 1.54) is 4.90 Å². The molecule has 4 fully saturated rings. The van der Waals surface area contributed by atoms with Crippen LogP contribution in [-0.4, -0.2) is 86.1 Å². The van der Waals surface area contributed by atoms with Gasteiger partial charge in [0.25, 0.3) is 0 Å². The lowest BCUT2D eigenvalue weighted by Crippen LogP contribution is -2.54. The third-order valence-corrected chi connectivity index (χ3v) is 7.32. The van der Waals surface area contributed by atoms with Crippen molar-refractivity contribution in [2.45, 2.75) is 63.1 Å². The highest BCUT2D eigenvalue weighted by atomic mass is 19.4. The minimum Gasteiger partial charge on any atom is -0.444 e. The second kappa shape index (κ2) is 10.7. The van der Waals surface area contributed by atoms with E-state index in [4.69, 9.17) is 9.47 Å². The molecule has 4 aliphatic rings. The summed E-state index contributed by atoms with van der Waals surface area (Å²) in [6, 6.07) is -2.27. The molecule has 3 saturated heterocycles. The van der Waals surface area contributed by atoms with E-state index < -0.39 is 54.9 Å². The fraction of sp³-hybridized carbons (Fsp3) is 0.818. The Kier molecular flexibility index (Phi) is 7.84. The van der Waals surface area contributed by atoms with Gasteiger partial charge in [-0.1, -0.05) is 6.42 Å². The molecule has 13 heteroatoms. The molecule has 10 nitrogen and oxygen atoms in total. The number of fused-ring (bicyclic) bond motifs is 1. The molecule has 196 valence electrons. The Morgan fingerprint density at radius 2 is 2.00 bits per heavy atom. The number of nitrogens with one attached hydrogen (secondary N) is 2. The summed E-state index contributed by atoms with van der Waals surface area (Å²) in [4.78, 5) is 52.3. The number of carbonyl (C=O) groups is 4. The van der Waals surface area contributed by atoms with Crippen LogP contribution in [0.2, 0.25) is 0 Å². The molecule has 0 bridgehead atoms. The first-order chi connectivity index (χ1) is 16.6. The van der Waals surface area contributed by atoms with Gasteiger partial charge in [-0.05, 0) is 37.5 Å². The van der Waals surface area contributed by atoms with E-state index in [-0.39, 0.29) is 30.8 Å². The van der Waals surface area contributed by atoms with Crippen molar-refractivity contribution in [1.82, 2.24) is 15.5 Å². The maximum Gasteiger partial charge on any atom is 0.522 e. The number of Topliss-reactive ketones (excluding diaryl/α,β-unsaturated/α-hetero) is 1. The summed E-state index contributed by atoms with van der Waals surface area (Å²) in [5.74, 6) is -2.62. The first kappa shape index (κ1) is 25.7. The summed E-state index contributed by atoms with van der Waals surface area (Å²) in [7, 11) is 0. The Labute approximate surface area is 200 Å². The van der Waals surface area contributed by atoms with Crippen LogP contribution in [0.4, 0.5) is 18.0 Å². The second-order valence-corrected chi connectivity index (χ2v) is 9.60. The van der Waals surface area contributed by atoms with Gasteiger partial charge >= 0.3 is 12.5 Å². The average Bonchev–Trinajstić information content (AvgIpc) is 3.56. The van der Waals surface area contributed by atoms with Crippen LogP contribution in [0.5, 0.6) is 0 Å². The molecule has 3 amide bonds. The van der Waals surface area contributed by atoms with Gasteiger partial charge in [0.2, 0.25) is 11.8 Å². The number of carbonyl (C=O) groups excluding carboxylic acids is 4. The van der Waals surface area contributed by atoms with Crippen molar-refractivity contribution >= 4 is 23.7 Å². The molecule has 4 rings (SSSR count). The highest BCUT2D eigenvalue weighted by Gasteiger charge is 2.51. The van der Waals surface area contributed by atoms with Crippen molar-refractivity contribution < 1.29 is 46.6 Å². The minimum absolute atomic E-state index is 0.0986. The van der Waals surface area contributed by atoms with Gasteiger partial charge in [-0.25, -0.2) is 4.79 Å². The molecule has 0 aromatic rings. The van der Waals surface area contributed by atoms with Gasteiger partial charge in [-0.2, -0.15) is 0 Å². The van der Waals surface area contributed by atoms with Gasteiger partial charge in [0.1, 0.15) is 18.8 Å². The Balaban J connectivity index is 1.47. The average molecular weight is 505 g/mol. The van der Waals surface area contributed by atoms with Gasteiger partial charge in [-0.15, -0.1) is 13.2 Å². The number of hydrogen-bond donors (Lipinski definition) is 2. The summed E-state index contributed by atoms with van der Waals surface area (Å²) < 4.78 is 52.0. The summed E-state index contributed by atoms with van der Waals surface area (Å²) in [5, 5.41) is 5.15. The number of ketones is 1. The van der Waals surface area contributed by atoms with E-state index in [1.54, 1.807) is 0 Å². The van der Waals surface area contributed by atoms with Crippen LogP contribution in [0.3, 0.4) is 0 Å². The molecule has 3 aliphatic heterocycles. The van der Waals surface area contributed by atoms with Crippen LogP contribution in [0.15, 0.2) is 0 Å². The summed E-state index contributed by atoms with van der Waals surface area (Å²) in [6.07, 6.45) is -2.81. The first-order valence-corrected chi connectivity index (χ1v) is 12.0. The number of nitrogens with zero attached hydrogens (tertiary/aromatic N) is 1. The van der Waals surface area contributed by atoms with Crippen molar-refractivity contribution in [1.29, 1.82) is 0 Å². The van der Waals surface area contributed by atoms with Crippen LogP contribution in [0, 0.1) is 17.8 Å². The largest absolute Gasteiger partial charge is 0.522 e. The number of likely N-dealkylation sites (tertiary alicyclic amines) is 1. The lowest BCUT2D eigenvalue weighted by molar-refractivity contribution is -0.321. The van der Waals surface area contributed by atoms with Crippen LogP contribution < -0.4 is 10.6 Å². The van der Waals surface area contributed by atoms with Gasteiger partial charge in [0, 0.05) is 25.4 Å². The molecule has 0 aromatic heterocycles. The van der Waals surface area contributed by atoms with Crippen molar-refractivity contribution in [2.75, 3.05) is 32.9 Å².